The molecule has 2 heterocycles. The molecule has 2 aromatic rings. The van der Waals surface area contributed by atoms with Crippen LogP contribution in [-0.4, -0.2) is 27.3 Å². The van der Waals surface area contributed by atoms with Gasteiger partial charge < -0.3 is 4.74 Å². The molecule has 1 fully saturated rings. The van der Waals surface area contributed by atoms with Crippen molar-refractivity contribution in [1.82, 2.24) is 14.8 Å². The van der Waals surface area contributed by atoms with E-state index in [1.165, 1.54) is 12.3 Å². The highest BCUT2D eigenvalue weighted by molar-refractivity contribution is 5.87. The lowest BCUT2D eigenvalue weighted by Gasteiger charge is -2.18. The molecule has 0 radical (unpaired) electrons. The molecule has 1 aliphatic carbocycles. The Kier molecular flexibility index (Phi) is 3.00. The molecule has 2 aromatic heterocycles. The molecule has 0 aromatic carbocycles. The summed E-state index contributed by atoms with van der Waals surface area (Å²) < 4.78 is 19.7. The first-order valence-electron chi connectivity index (χ1n) is 6.51. The number of aromatic nitrogens is 3. The van der Waals surface area contributed by atoms with Crippen LogP contribution in [0, 0.1) is 5.82 Å². The lowest BCUT2D eigenvalue weighted by molar-refractivity contribution is 0.0508. The van der Waals surface area contributed by atoms with Gasteiger partial charge >= 0.3 is 5.97 Å². The van der Waals surface area contributed by atoms with Crippen molar-refractivity contribution in [3.63, 3.8) is 0 Å². The molecular formula is C14H14FN3O2. The Hall–Kier alpha value is -2.24. The topological polar surface area (TPSA) is 57.0 Å². The van der Waals surface area contributed by atoms with Crippen molar-refractivity contribution in [1.29, 1.82) is 0 Å². The molecule has 3 rings (SSSR count). The van der Waals surface area contributed by atoms with Crippen LogP contribution in [0.15, 0.2) is 30.6 Å². The second-order valence-corrected chi connectivity index (χ2v) is 4.74. The third kappa shape index (κ3) is 1.97. The van der Waals surface area contributed by atoms with Gasteiger partial charge in [-0.3, -0.25) is 4.98 Å². The normalized spacial score (nSPS) is 15.9. The minimum atomic E-state index is -0.445. The van der Waals surface area contributed by atoms with Crippen LogP contribution in [0.25, 0.3) is 0 Å². The second kappa shape index (κ2) is 4.70. The molecule has 104 valence electrons. The lowest BCUT2D eigenvalue weighted by atomic mass is 10.1. The first kappa shape index (κ1) is 12.8. The minimum Gasteiger partial charge on any atom is -0.461 e. The number of hydrogen-bond acceptors (Lipinski definition) is 4. The molecule has 20 heavy (non-hydrogen) atoms. The molecule has 1 aliphatic rings. The third-order valence-electron chi connectivity index (χ3n) is 3.46. The Morgan fingerprint density at radius 2 is 2.25 bits per heavy atom. The molecule has 0 atom stereocenters. The van der Waals surface area contributed by atoms with Crippen molar-refractivity contribution in [3.8, 4) is 0 Å². The highest BCUT2D eigenvalue weighted by Crippen LogP contribution is 2.48. The maximum Gasteiger partial charge on any atom is 0.356 e. The maximum absolute atomic E-state index is 13.0. The van der Waals surface area contributed by atoms with E-state index >= 15 is 0 Å². The van der Waals surface area contributed by atoms with E-state index in [2.05, 4.69) is 10.1 Å². The van der Waals surface area contributed by atoms with Gasteiger partial charge in [0.2, 0.25) is 0 Å². The molecule has 0 unspecified atom stereocenters. The minimum absolute atomic E-state index is 0.311. The van der Waals surface area contributed by atoms with Gasteiger partial charge in [-0.05, 0) is 38.0 Å². The van der Waals surface area contributed by atoms with Gasteiger partial charge in [0.1, 0.15) is 17.1 Å². The smallest absolute Gasteiger partial charge is 0.356 e. The van der Waals surface area contributed by atoms with Crippen LogP contribution in [0.1, 0.15) is 35.9 Å². The average Bonchev–Trinajstić information content (AvgIpc) is 3.09. The highest BCUT2D eigenvalue weighted by Gasteiger charge is 2.50. The number of carbonyl (C=O) groups is 1. The predicted octanol–water partition coefficient (Wildman–Crippen LogP) is 2.13. The number of nitrogens with zero attached hydrogens (tertiary/aromatic N) is 3. The van der Waals surface area contributed by atoms with Crippen LogP contribution in [0.5, 0.6) is 0 Å². The Bertz CT molecular complexity index is 632. The summed E-state index contributed by atoms with van der Waals surface area (Å²) in [4.78, 5) is 16.0. The molecule has 6 heteroatoms. The third-order valence-corrected chi connectivity index (χ3v) is 3.46. The zero-order chi connectivity index (χ0) is 14.2. The Morgan fingerprint density at radius 3 is 2.85 bits per heavy atom. The first-order chi connectivity index (χ1) is 9.67. The van der Waals surface area contributed by atoms with E-state index < -0.39 is 11.5 Å². The fourth-order valence-electron chi connectivity index (χ4n) is 2.35. The number of hydrogen-bond donors (Lipinski definition) is 0. The van der Waals surface area contributed by atoms with E-state index in [1.54, 1.807) is 29.9 Å². The zero-order valence-corrected chi connectivity index (χ0v) is 11.0. The summed E-state index contributed by atoms with van der Waals surface area (Å²) in [6.07, 6.45) is 4.39. The number of esters is 1. The number of ether oxygens (including phenoxy) is 1. The Balaban J connectivity index is 1.99. The van der Waals surface area contributed by atoms with E-state index in [4.69, 9.17) is 4.74 Å². The molecule has 0 saturated heterocycles. The average molecular weight is 275 g/mol. The number of halogens is 1. The van der Waals surface area contributed by atoms with Crippen LogP contribution >= 0.6 is 0 Å². The van der Waals surface area contributed by atoms with Gasteiger partial charge in [0.25, 0.3) is 0 Å². The lowest BCUT2D eigenvalue weighted by Crippen LogP contribution is -2.26. The van der Waals surface area contributed by atoms with Crippen molar-refractivity contribution in [3.05, 3.63) is 47.8 Å². The zero-order valence-electron chi connectivity index (χ0n) is 11.0. The fourth-order valence-corrected chi connectivity index (χ4v) is 2.35. The summed E-state index contributed by atoms with van der Waals surface area (Å²) >= 11 is 0. The largest absolute Gasteiger partial charge is 0.461 e. The van der Waals surface area contributed by atoms with Gasteiger partial charge in [-0.2, -0.15) is 5.10 Å². The Morgan fingerprint density at radius 1 is 1.45 bits per heavy atom. The molecule has 0 amide bonds. The van der Waals surface area contributed by atoms with Gasteiger partial charge in [-0.1, -0.05) is 0 Å². The SMILES string of the molecule is CCOC(=O)c1ccnn1C1(c2ccc(F)cn2)CC1. The van der Waals surface area contributed by atoms with Crippen LogP contribution in [0.2, 0.25) is 0 Å². The summed E-state index contributed by atoms with van der Waals surface area (Å²) in [7, 11) is 0. The summed E-state index contributed by atoms with van der Waals surface area (Å²) in [5.74, 6) is -0.783. The van der Waals surface area contributed by atoms with E-state index in [9.17, 15) is 9.18 Å². The van der Waals surface area contributed by atoms with Gasteiger partial charge in [0.05, 0.1) is 18.5 Å². The summed E-state index contributed by atoms with van der Waals surface area (Å²) in [5, 5.41) is 4.23. The number of rotatable bonds is 4. The van der Waals surface area contributed by atoms with Crippen LogP contribution in [0.3, 0.4) is 0 Å². The molecule has 0 spiro atoms. The summed E-state index contributed by atoms with van der Waals surface area (Å²) in [5.41, 5.74) is 0.669. The maximum atomic E-state index is 13.0. The fraction of sp³-hybridized carbons (Fsp3) is 0.357. The van der Waals surface area contributed by atoms with E-state index in [-0.39, 0.29) is 5.82 Å². The Labute approximate surface area is 115 Å². The quantitative estimate of drug-likeness (QED) is 0.802. The van der Waals surface area contributed by atoms with Crippen LogP contribution < -0.4 is 0 Å². The molecule has 5 nitrogen and oxygen atoms in total. The summed E-state index contributed by atoms with van der Waals surface area (Å²) in [6.45, 7) is 2.07. The van der Waals surface area contributed by atoms with Crippen LogP contribution in [-0.2, 0) is 10.3 Å². The first-order valence-corrected chi connectivity index (χ1v) is 6.51. The molecule has 0 N–H and O–H groups in total. The highest BCUT2D eigenvalue weighted by atomic mass is 19.1. The van der Waals surface area contributed by atoms with Gasteiger partial charge in [-0.15, -0.1) is 0 Å². The second-order valence-electron chi connectivity index (χ2n) is 4.74. The van der Waals surface area contributed by atoms with Crippen molar-refractivity contribution < 1.29 is 13.9 Å². The molecule has 0 bridgehead atoms. The van der Waals surface area contributed by atoms with Gasteiger partial charge in [0.15, 0.2) is 0 Å². The van der Waals surface area contributed by atoms with Crippen molar-refractivity contribution >= 4 is 5.97 Å². The van der Waals surface area contributed by atoms with E-state index in [1.807, 2.05) is 0 Å². The van der Waals surface area contributed by atoms with Crippen molar-refractivity contribution in [2.24, 2.45) is 0 Å². The molecular weight excluding hydrogens is 261 g/mol. The van der Waals surface area contributed by atoms with E-state index in [0.29, 0.717) is 18.0 Å². The van der Waals surface area contributed by atoms with E-state index in [0.717, 1.165) is 12.8 Å². The van der Waals surface area contributed by atoms with Gasteiger partial charge in [0, 0.05) is 6.20 Å². The van der Waals surface area contributed by atoms with Crippen LogP contribution in [0.4, 0.5) is 4.39 Å². The number of pyridine rings is 1. The standard InChI is InChI=1S/C14H14FN3O2/c1-2-20-13(19)11-5-8-17-18(11)14(6-7-14)12-4-3-10(15)9-16-12/h3-5,8-9H,2,6-7H2,1H3. The van der Waals surface area contributed by atoms with Crippen molar-refractivity contribution in [2.45, 2.75) is 25.3 Å². The van der Waals surface area contributed by atoms with Crippen molar-refractivity contribution in [2.75, 3.05) is 6.61 Å². The summed E-state index contributed by atoms with van der Waals surface area (Å²) in [6, 6.07) is 4.64. The number of carbonyl (C=O) groups excluding carboxylic acids is 1. The monoisotopic (exact) mass is 275 g/mol. The predicted molar refractivity (Wildman–Crippen MR) is 68.7 cm³/mol. The molecule has 1 saturated carbocycles. The molecule has 0 aliphatic heterocycles. The van der Waals surface area contributed by atoms with Gasteiger partial charge in [-0.25, -0.2) is 13.9 Å².